The van der Waals surface area contributed by atoms with E-state index in [9.17, 15) is 9.59 Å². The van der Waals surface area contributed by atoms with Crippen molar-refractivity contribution in [2.45, 2.75) is 38.6 Å². The second-order valence-corrected chi connectivity index (χ2v) is 5.40. The summed E-state index contributed by atoms with van der Waals surface area (Å²) >= 11 is 0. The molecule has 0 spiro atoms. The Hall–Kier alpha value is -1.88. The van der Waals surface area contributed by atoms with Gasteiger partial charge in [-0.2, -0.15) is 0 Å². The summed E-state index contributed by atoms with van der Waals surface area (Å²) in [6, 6.07) is 8.13. The molecule has 0 heterocycles. The molecule has 1 saturated carbocycles. The molecular weight excluding hydrogens is 268 g/mol. The monoisotopic (exact) mass is 290 g/mol. The Morgan fingerprint density at radius 3 is 2.67 bits per heavy atom. The fraction of sp³-hybridized carbons (Fsp3) is 0.500. The Labute approximate surface area is 125 Å². The number of carbonyl (C=O) groups is 2. The highest BCUT2D eigenvalue weighted by Crippen LogP contribution is 2.26. The van der Waals surface area contributed by atoms with Crippen molar-refractivity contribution in [1.29, 1.82) is 0 Å². The SMILES string of the molecule is CCc1ccccc1NC(=O)CN(CCC(=O)O)C1CC1. The van der Waals surface area contributed by atoms with Crippen LogP contribution in [-0.2, 0) is 16.0 Å². The van der Waals surface area contributed by atoms with Crippen LogP contribution in [0, 0.1) is 0 Å². The van der Waals surface area contributed by atoms with Crippen LogP contribution in [0.5, 0.6) is 0 Å². The van der Waals surface area contributed by atoms with Crippen LogP contribution < -0.4 is 5.32 Å². The molecule has 0 aromatic heterocycles. The van der Waals surface area contributed by atoms with Gasteiger partial charge in [-0.15, -0.1) is 0 Å². The number of carboxylic acids is 1. The molecule has 1 aromatic carbocycles. The van der Waals surface area contributed by atoms with Gasteiger partial charge in [0.05, 0.1) is 13.0 Å². The third-order valence-electron chi connectivity index (χ3n) is 3.70. The van der Waals surface area contributed by atoms with E-state index in [4.69, 9.17) is 5.11 Å². The van der Waals surface area contributed by atoms with Crippen LogP contribution >= 0.6 is 0 Å². The van der Waals surface area contributed by atoms with Crippen molar-refractivity contribution in [2.75, 3.05) is 18.4 Å². The number of hydrogen-bond acceptors (Lipinski definition) is 3. The molecule has 0 radical (unpaired) electrons. The normalized spacial score (nSPS) is 14.2. The Balaban J connectivity index is 1.91. The molecule has 0 atom stereocenters. The predicted octanol–water partition coefficient (Wildman–Crippen LogP) is 2.13. The average molecular weight is 290 g/mol. The molecule has 5 heteroatoms. The van der Waals surface area contributed by atoms with E-state index in [-0.39, 0.29) is 18.9 Å². The first-order valence-electron chi connectivity index (χ1n) is 7.43. The van der Waals surface area contributed by atoms with Gasteiger partial charge >= 0.3 is 5.97 Å². The van der Waals surface area contributed by atoms with Crippen molar-refractivity contribution in [3.63, 3.8) is 0 Å². The van der Waals surface area contributed by atoms with Gasteiger partial charge < -0.3 is 10.4 Å². The summed E-state index contributed by atoms with van der Waals surface area (Å²) in [5, 5.41) is 11.7. The fourth-order valence-electron chi connectivity index (χ4n) is 2.39. The minimum atomic E-state index is -0.822. The first-order chi connectivity index (χ1) is 10.1. The van der Waals surface area contributed by atoms with Gasteiger partial charge in [-0.1, -0.05) is 25.1 Å². The predicted molar refractivity (Wildman–Crippen MR) is 81.3 cm³/mol. The summed E-state index contributed by atoms with van der Waals surface area (Å²) in [6.07, 6.45) is 3.05. The Morgan fingerprint density at radius 1 is 1.33 bits per heavy atom. The maximum Gasteiger partial charge on any atom is 0.304 e. The fourth-order valence-corrected chi connectivity index (χ4v) is 2.39. The van der Waals surface area contributed by atoms with Crippen molar-refractivity contribution in [3.8, 4) is 0 Å². The number of para-hydroxylation sites is 1. The molecule has 1 aromatic rings. The van der Waals surface area contributed by atoms with Crippen LogP contribution in [-0.4, -0.2) is 41.0 Å². The van der Waals surface area contributed by atoms with Gasteiger partial charge in [-0.3, -0.25) is 14.5 Å². The second kappa shape index (κ2) is 7.22. The Kier molecular flexibility index (Phi) is 5.33. The summed E-state index contributed by atoms with van der Waals surface area (Å²) in [5.74, 6) is -0.898. The molecule has 0 unspecified atom stereocenters. The van der Waals surface area contributed by atoms with Crippen LogP contribution in [0.1, 0.15) is 31.7 Å². The molecule has 1 fully saturated rings. The lowest BCUT2D eigenvalue weighted by atomic mass is 10.1. The molecule has 2 N–H and O–H groups in total. The van der Waals surface area contributed by atoms with E-state index >= 15 is 0 Å². The molecule has 1 aliphatic rings. The Bertz CT molecular complexity index is 512. The van der Waals surface area contributed by atoms with E-state index in [1.165, 1.54) is 0 Å². The second-order valence-electron chi connectivity index (χ2n) is 5.40. The van der Waals surface area contributed by atoms with Crippen LogP contribution in [0.15, 0.2) is 24.3 Å². The van der Waals surface area contributed by atoms with Crippen molar-refractivity contribution >= 4 is 17.6 Å². The molecule has 5 nitrogen and oxygen atoms in total. The molecule has 0 aliphatic heterocycles. The van der Waals surface area contributed by atoms with E-state index in [0.717, 1.165) is 30.5 Å². The summed E-state index contributed by atoms with van der Waals surface area (Å²) in [5.41, 5.74) is 1.95. The molecule has 1 aliphatic carbocycles. The third-order valence-corrected chi connectivity index (χ3v) is 3.70. The van der Waals surface area contributed by atoms with Crippen LogP contribution in [0.2, 0.25) is 0 Å². The smallest absolute Gasteiger partial charge is 0.304 e. The lowest BCUT2D eigenvalue weighted by Gasteiger charge is -2.20. The number of nitrogens with one attached hydrogen (secondary N) is 1. The number of anilines is 1. The maximum atomic E-state index is 12.2. The number of carboxylic acid groups (broad SMARTS) is 1. The van der Waals surface area contributed by atoms with Gasteiger partial charge in [0.25, 0.3) is 0 Å². The van der Waals surface area contributed by atoms with Crippen molar-refractivity contribution in [3.05, 3.63) is 29.8 Å². The molecule has 2 rings (SSSR count). The lowest BCUT2D eigenvalue weighted by Crippen LogP contribution is -2.36. The zero-order valence-electron chi connectivity index (χ0n) is 12.3. The van der Waals surface area contributed by atoms with Crippen LogP contribution in [0.3, 0.4) is 0 Å². The van der Waals surface area contributed by atoms with Gasteiger partial charge in [-0.25, -0.2) is 0 Å². The summed E-state index contributed by atoms with van der Waals surface area (Å²) < 4.78 is 0. The number of aliphatic carboxylic acids is 1. The summed E-state index contributed by atoms with van der Waals surface area (Å²) in [7, 11) is 0. The number of carbonyl (C=O) groups excluding carboxylic acids is 1. The minimum absolute atomic E-state index is 0.0758. The summed E-state index contributed by atoms with van der Waals surface area (Å²) in [4.78, 5) is 24.8. The van der Waals surface area contributed by atoms with E-state index in [0.29, 0.717) is 12.6 Å². The van der Waals surface area contributed by atoms with Crippen molar-refractivity contribution < 1.29 is 14.7 Å². The number of nitrogens with zero attached hydrogens (tertiary/aromatic N) is 1. The highest BCUT2D eigenvalue weighted by atomic mass is 16.4. The number of amides is 1. The van der Waals surface area contributed by atoms with Gasteiger partial charge in [0.2, 0.25) is 5.91 Å². The molecule has 1 amide bonds. The number of hydrogen-bond donors (Lipinski definition) is 2. The van der Waals surface area contributed by atoms with Gasteiger partial charge in [0, 0.05) is 18.3 Å². The topological polar surface area (TPSA) is 69.6 Å². The summed E-state index contributed by atoms with van der Waals surface area (Å²) in [6.45, 7) is 2.74. The van der Waals surface area contributed by atoms with E-state index in [1.807, 2.05) is 36.1 Å². The minimum Gasteiger partial charge on any atom is -0.481 e. The van der Waals surface area contributed by atoms with Gasteiger partial charge in [-0.05, 0) is 30.9 Å². The van der Waals surface area contributed by atoms with E-state index in [2.05, 4.69) is 5.32 Å². The van der Waals surface area contributed by atoms with E-state index < -0.39 is 5.97 Å². The molecule has 0 bridgehead atoms. The number of benzene rings is 1. The highest BCUT2D eigenvalue weighted by molar-refractivity contribution is 5.93. The quantitative estimate of drug-likeness (QED) is 0.769. The average Bonchev–Trinajstić information content (AvgIpc) is 3.28. The third kappa shape index (κ3) is 4.86. The first kappa shape index (κ1) is 15.5. The number of rotatable bonds is 8. The zero-order chi connectivity index (χ0) is 15.2. The Morgan fingerprint density at radius 2 is 2.05 bits per heavy atom. The standard InChI is InChI=1S/C16H22N2O3/c1-2-12-5-3-4-6-14(12)17-15(19)11-18(13-7-8-13)10-9-16(20)21/h3-6,13H,2,7-11H2,1H3,(H,17,19)(H,20,21). The largest absolute Gasteiger partial charge is 0.481 e. The van der Waals surface area contributed by atoms with Gasteiger partial charge in [0.1, 0.15) is 0 Å². The van der Waals surface area contributed by atoms with E-state index in [1.54, 1.807) is 0 Å². The molecule has 21 heavy (non-hydrogen) atoms. The van der Waals surface area contributed by atoms with Crippen LogP contribution in [0.4, 0.5) is 5.69 Å². The van der Waals surface area contributed by atoms with Crippen molar-refractivity contribution in [1.82, 2.24) is 4.90 Å². The first-order valence-corrected chi connectivity index (χ1v) is 7.43. The van der Waals surface area contributed by atoms with Gasteiger partial charge in [0.15, 0.2) is 0 Å². The highest BCUT2D eigenvalue weighted by Gasteiger charge is 2.30. The van der Waals surface area contributed by atoms with Crippen LogP contribution in [0.25, 0.3) is 0 Å². The number of aryl methyl sites for hydroxylation is 1. The lowest BCUT2D eigenvalue weighted by molar-refractivity contribution is -0.137. The molecular formula is C16H22N2O3. The molecule has 114 valence electrons. The molecule has 0 saturated heterocycles. The maximum absolute atomic E-state index is 12.2. The van der Waals surface area contributed by atoms with Crippen molar-refractivity contribution in [2.24, 2.45) is 0 Å². The zero-order valence-corrected chi connectivity index (χ0v) is 12.3.